The first-order valence-corrected chi connectivity index (χ1v) is 8.70. The summed E-state index contributed by atoms with van der Waals surface area (Å²) in [5.41, 5.74) is 3.77. The molecule has 0 unspecified atom stereocenters. The van der Waals surface area contributed by atoms with Gasteiger partial charge in [0, 0.05) is 5.56 Å². The quantitative estimate of drug-likeness (QED) is 0.458. The van der Waals surface area contributed by atoms with Crippen molar-refractivity contribution in [2.45, 2.75) is 13.0 Å². The lowest BCUT2D eigenvalue weighted by Gasteiger charge is -2.10. The lowest BCUT2D eigenvalue weighted by atomic mass is 10.2. The fraction of sp³-hybridized carbons (Fsp3) is 0.167. The second kappa shape index (κ2) is 7.83. The topological polar surface area (TPSA) is 95.8 Å². The minimum atomic E-state index is -0.522. The number of hydrogen-bond donors (Lipinski definition) is 3. The number of rotatable bonds is 6. The zero-order chi connectivity index (χ0) is 18.5. The molecule has 0 aliphatic heterocycles. The number of benzene rings is 2. The van der Waals surface area contributed by atoms with Crippen LogP contribution >= 0.6 is 11.3 Å². The molecule has 0 aliphatic rings. The highest BCUT2D eigenvalue weighted by molar-refractivity contribution is 7.22. The highest BCUT2D eigenvalue weighted by atomic mass is 32.1. The van der Waals surface area contributed by atoms with Gasteiger partial charge in [0.05, 0.1) is 23.5 Å². The summed E-state index contributed by atoms with van der Waals surface area (Å²) in [5, 5.41) is 17.4. The molecule has 0 spiro atoms. The predicted octanol–water partition coefficient (Wildman–Crippen LogP) is 2.96. The van der Waals surface area contributed by atoms with Crippen LogP contribution in [0.3, 0.4) is 0 Å². The third-order valence-corrected chi connectivity index (χ3v) is 4.61. The molecule has 0 saturated heterocycles. The fourth-order valence-corrected chi connectivity index (χ4v) is 3.16. The predicted molar refractivity (Wildman–Crippen MR) is 103 cm³/mol. The highest BCUT2D eigenvalue weighted by Gasteiger charge is 2.14. The average molecular weight is 370 g/mol. The van der Waals surface area contributed by atoms with Crippen LogP contribution in [0.25, 0.3) is 10.2 Å². The Hall–Kier alpha value is -3.13. The molecule has 0 bridgehead atoms. The monoisotopic (exact) mass is 370 g/mol. The minimum absolute atomic E-state index is 0.0458. The molecule has 26 heavy (non-hydrogen) atoms. The molecule has 2 aromatic carbocycles. The minimum Gasteiger partial charge on any atom is -0.507 e. The standard InChI is InChI=1S/C18H18N4O3S/c1-11(20-18-21-14-5-3-4-6-16(14)26-18)17(24)22-19-10-12-9-13(25-2)7-8-15(12)23/h3-11,23H,1-2H3,(H,20,21)(H,22,24)/b19-10+/t11-/m0/s1. The molecule has 1 atom stereocenters. The number of nitrogens with zero attached hydrogens (tertiary/aromatic N) is 2. The summed E-state index contributed by atoms with van der Waals surface area (Å²) in [4.78, 5) is 16.6. The van der Waals surface area contributed by atoms with Gasteiger partial charge in [-0.1, -0.05) is 23.5 Å². The number of aromatic hydroxyl groups is 1. The fourth-order valence-electron chi connectivity index (χ4n) is 2.21. The Morgan fingerprint density at radius 1 is 1.35 bits per heavy atom. The molecule has 1 heterocycles. The molecule has 1 amide bonds. The van der Waals surface area contributed by atoms with Crippen LogP contribution < -0.4 is 15.5 Å². The van der Waals surface area contributed by atoms with E-state index < -0.39 is 6.04 Å². The summed E-state index contributed by atoms with van der Waals surface area (Å²) in [6.45, 7) is 1.72. The van der Waals surface area contributed by atoms with Gasteiger partial charge in [-0.2, -0.15) is 5.10 Å². The number of thiazole rings is 1. The number of para-hydroxylation sites is 1. The van der Waals surface area contributed by atoms with E-state index in [-0.39, 0.29) is 11.7 Å². The summed E-state index contributed by atoms with van der Waals surface area (Å²) in [7, 11) is 1.53. The van der Waals surface area contributed by atoms with E-state index in [1.165, 1.54) is 30.7 Å². The van der Waals surface area contributed by atoms with E-state index in [1.54, 1.807) is 19.1 Å². The van der Waals surface area contributed by atoms with Gasteiger partial charge in [0.1, 0.15) is 17.5 Å². The summed E-state index contributed by atoms with van der Waals surface area (Å²) in [5.74, 6) is 0.314. The summed E-state index contributed by atoms with van der Waals surface area (Å²) < 4.78 is 6.14. The first-order valence-electron chi connectivity index (χ1n) is 7.89. The molecular formula is C18H18N4O3S. The number of methoxy groups -OCH3 is 1. The van der Waals surface area contributed by atoms with Gasteiger partial charge < -0.3 is 15.2 Å². The molecule has 0 aliphatic carbocycles. The summed E-state index contributed by atoms with van der Waals surface area (Å²) in [6, 6.07) is 12.0. The Labute approximate surface area is 154 Å². The first kappa shape index (κ1) is 17.7. The summed E-state index contributed by atoms with van der Waals surface area (Å²) in [6.07, 6.45) is 1.36. The van der Waals surface area contributed by atoms with E-state index in [0.29, 0.717) is 16.4 Å². The van der Waals surface area contributed by atoms with Gasteiger partial charge in [-0.15, -0.1) is 0 Å². The molecular weight excluding hydrogens is 352 g/mol. The van der Waals surface area contributed by atoms with Crippen molar-refractivity contribution in [3.63, 3.8) is 0 Å². The Kier molecular flexibility index (Phi) is 5.33. The smallest absolute Gasteiger partial charge is 0.262 e. The SMILES string of the molecule is COc1ccc(O)c(/C=N/NC(=O)[C@H](C)Nc2nc3ccccc3s2)c1. The molecule has 134 valence electrons. The molecule has 0 saturated carbocycles. The average Bonchev–Trinajstić information content (AvgIpc) is 3.05. The van der Waals surface area contributed by atoms with Gasteiger partial charge in [-0.25, -0.2) is 10.4 Å². The number of aromatic nitrogens is 1. The molecule has 7 nitrogen and oxygen atoms in total. The third kappa shape index (κ3) is 4.09. The van der Waals surface area contributed by atoms with Gasteiger partial charge in [-0.3, -0.25) is 4.79 Å². The van der Waals surface area contributed by atoms with E-state index >= 15 is 0 Å². The number of fused-ring (bicyclic) bond motifs is 1. The van der Waals surface area contributed by atoms with Gasteiger partial charge in [0.2, 0.25) is 0 Å². The number of anilines is 1. The van der Waals surface area contributed by atoms with Crippen LogP contribution in [0.1, 0.15) is 12.5 Å². The van der Waals surface area contributed by atoms with E-state index in [9.17, 15) is 9.90 Å². The second-order valence-corrected chi connectivity index (χ2v) is 6.54. The van der Waals surface area contributed by atoms with Crippen molar-refractivity contribution in [3.8, 4) is 11.5 Å². The van der Waals surface area contributed by atoms with Crippen molar-refractivity contribution in [2.75, 3.05) is 12.4 Å². The number of phenols is 1. The van der Waals surface area contributed by atoms with E-state index in [4.69, 9.17) is 4.74 Å². The molecule has 0 radical (unpaired) electrons. The van der Waals surface area contributed by atoms with Gasteiger partial charge in [-0.05, 0) is 37.3 Å². The van der Waals surface area contributed by atoms with Crippen molar-refractivity contribution in [3.05, 3.63) is 48.0 Å². The van der Waals surface area contributed by atoms with Crippen molar-refractivity contribution < 1.29 is 14.6 Å². The zero-order valence-corrected chi connectivity index (χ0v) is 15.1. The lowest BCUT2D eigenvalue weighted by molar-refractivity contribution is -0.121. The van der Waals surface area contributed by atoms with E-state index in [2.05, 4.69) is 20.8 Å². The van der Waals surface area contributed by atoms with Crippen molar-refractivity contribution in [2.24, 2.45) is 5.10 Å². The molecule has 3 rings (SSSR count). The van der Waals surface area contributed by atoms with Crippen molar-refractivity contribution >= 4 is 38.8 Å². The Bertz CT molecular complexity index is 922. The Morgan fingerprint density at radius 3 is 2.92 bits per heavy atom. The maximum absolute atomic E-state index is 12.2. The van der Waals surface area contributed by atoms with Crippen LogP contribution in [0.4, 0.5) is 5.13 Å². The maximum atomic E-state index is 12.2. The van der Waals surface area contributed by atoms with Crippen LogP contribution in [-0.2, 0) is 4.79 Å². The maximum Gasteiger partial charge on any atom is 0.262 e. The highest BCUT2D eigenvalue weighted by Crippen LogP contribution is 2.25. The number of nitrogens with one attached hydrogen (secondary N) is 2. The lowest BCUT2D eigenvalue weighted by Crippen LogP contribution is -2.34. The van der Waals surface area contributed by atoms with Gasteiger partial charge >= 0.3 is 0 Å². The van der Waals surface area contributed by atoms with Crippen LogP contribution in [0, 0.1) is 0 Å². The van der Waals surface area contributed by atoms with E-state index in [0.717, 1.165) is 10.2 Å². The van der Waals surface area contributed by atoms with E-state index in [1.807, 2.05) is 24.3 Å². The normalized spacial score (nSPS) is 12.2. The van der Waals surface area contributed by atoms with Crippen LogP contribution in [-0.4, -0.2) is 35.4 Å². The third-order valence-electron chi connectivity index (χ3n) is 3.64. The zero-order valence-electron chi connectivity index (χ0n) is 14.3. The molecule has 1 aromatic heterocycles. The second-order valence-electron chi connectivity index (χ2n) is 5.51. The number of hydrogen-bond acceptors (Lipinski definition) is 7. The number of carbonyl (C=O) groups excluding carboxylic acids is 1. The largest absolute Gasteiger partial charge is 0.507 e. The number of ether oxygens (including phenoxy) is 1. The van der Waals surface area contributed by atoms with Crippen LogP contribution in [0.2, 0.25) is 0 Å². The number of amides is 1. The Balaban J connectivity index is 1.60. The first-order chi connectivity index (χ1) is 12.6. The number of carbonyl (C=O) groups is 1. The van der Waals surface area contributed by atoms with Crippen molar-refractivity contribution in [1.82, 2.24) is 10.4 Å². The number of hydrazone groups is 1. The molecule has 3 aromatic rings. The van der Waals surface area contributed by atoms with Crippen molar-refractivity contribution in [1.29, 1.82) is 0 Å². The molecule has 3 N–H and O–H groups in total. The van der Waals surface area contributed by atoms with Gasteiger partial charge in [0.15, 0.2) is 5.13 Å². The molecule has 8 heteroatoms. The summed E-state index contributed by atoms with van der Waals surface area (Å²) >= 11 is 1.48. The number of phenolic OH excluding ortho intramolecular Hbond substituents is 1. The van der Waals surface area contributed by atoms with Gasteiger partial charge in [0.25, 0.3) is 5.91 Å². The molecule has 0 fully saturated rings. The van der Waals surface area contributed by atoms with Crippen LogP contribution in [0.15, 0.2) is 47.6 Å². The van der Waals surface area contributed by atoms with Crippen LogP contribution in [0.5, 0.6) is 11.5 Å². The Morgan fingerprint density at radius 2 is 2.15 bits per heavy atom.